The number of carbonyl (C=O) groups is 1. The Morgan fingerprint density at radius 1 is 1.62 bits per heavy atom. The summed E-state index contributed by atoms with van der Waals surface area (Å²) in [7, 11) is 0. The Bertz CT molecular complexity index is 237. The molecule has 4 N–H and O–H groups in total. The molecule has 5 nitrogen and oxygen atoms in total. The maximum absolute atomic E-state index is 11.9. The van der Waals surface area contributed by atoms with Crippen molar-refractivity contribution in [3.05, 3.63) is 0 Å². The maximum atomic E-state index is 11.9. The van der Waals surface area contributed by atoms with Crippen molar-refractivity contribution in [2.24, 2.45) is 11.7 Å². The van der Waals surface area contributed by atoms with Crippen LogP contribution in [0.5, 0.6) is 0 Å². The number of ether oxygens (including phenoxy) is 1. The van der Waals surface area contributed by atoms with Crippen LogP contribution < -0.4 is 11.1 Å². The first-order chi connectivity index (χ1) is 7.48. The summed E-state index contributed by atoms with van der Waals surface area (Å²) in [4.78, 5) is 11.9. The molecule has 0 aromatic heterocycles. The van der Waals surface area contributed by atoms with Gasteiger partial charge in [-0.1, -0.05) is 13.8 Å². The van der Waals surface area contributed by atoms with Gasteiger partial charge in [-0.2, -0.15) is 0 Å². The molecule has 1 rings (SSSR count). The number of carbonyl (C=O) groups excluding carboxylic acids is 1. The number of aliphatic hydroxyl groups excluding tert-OH is 1. The van der Waals surface area contributed by atoms with E-state index in [4.69, 9.17) is 15.6 Å². The molecule has 1 aliphatic heterocycles. The highest BCUT2D eigenvalue weighted by atomic mass is 16.5. The fourth-order valence-corrected chi connectivity index (χ4v) is 1.84. The minimum Gasteiger partial charge on any atom is -0.394 e. The Balaban J connectivity index is 2.48. The van der Waals surface area contributed by atoms with E-state index in [2.05, 4.69) is 5.32 Å². The summed E-state index contributed by atoms with van der Waals surface area (Å²) in [6.45, 7) is 4.83. The van der Waals surface area contributed by atoms with Gasteiger partial charge in [0.1, 0.15) is 5.54 Å². The molecule has 0 spiro atoms. The van der Waals surface area contributed by atoms with Crippen LogP contribution in [0.4, 0.5) is 0 Å². The summed E-state index contributed by atoms with van der Waals surface area (Å²) in [5, 5.41) is 12.0. The first kappa shape index (κ1) is 13.4. The molecule has 0 saturated carbocycles. The smallest absolute Gasteiger partial charge is 0.242 e. The summed E-state index contributed by atoms with van der Waals surface area (Å²) >= 11 is 0. The fourth-order valence-electron chi connectivity index (χ4n) is 1.84. The number of aliphatic hydroxyl groups is 1. The molecule has 2 unspecified atom stereocenters. The van der Waals surface area contributed by atoms with E-state index in [1.807, 2.05) is 13.8 Å². The number of hydrogen-bond donors (Lipinski definition) is 3. The van der Waals surface area contributed by atoms with E-state index in [1.165, 1.54) is 0 Å². The Labute approximate surface area is 96.3 Å². The third-order valence-corrected chi connectivity index (χ3v) is 2.82. The van der Waals surface area contributed by atoms with Gasteiger partial charge in [-0.3, -0.25) is 4.79 Å². The van der Waals surface area contributed by atoms with Crippen molar-refractivity contribution in [3.63, 3.8) is 0 Å². The van der Waals surface area contributed by atoms with Crippen molar-refractivity contribution in [3.8, 4) is 0 Å². The average Bonchev–Trinajstić information content (AvgIpc) is 2.64. The standard InChI is InChI=1S/C11H22N2O3/c1-8(2)5-9(6-14)13-10(15)11(12)3-4-16-7-11/h8-9,14H,3-7,12H2,1-2H3,(H,13,15). The molecule has 1 fully saturated rings. The van der Waals surface area contributed by atoms with E-state index in [0.717, 1.165) is 6.42 Å². The molecule has 2 atom stereocenters. The van der Waals surface area contributed by atoms with Gasteiger partial charge >= 0.3 is 0 Å². The quantitative estimate of drug-likeness (QED) is 0.601. The van der Waals surface area contributed by atoms with E-state index < -0.39 is 5.54 Å². The van der Waals surface area contributed by atoms with Crippen molar-refractivity contribution < 1.29 is 14.6 Å². The second-order valence-corrected chi connectivity index (χ2v) is 4.94. The third-order valence-electron chi connectivity index (χ3n) is 2.82. The van der Waals surface area contributed by atoms with Crippen molar-refractivity contribution in [2.75, 3.05) is 19.8 Å². The van der Waals surface area contributed by atoms with E-state index >= 15 is 0 Å². The molecule has 0 radical (unpaired) electrons. The number of amides is 1. The van der Waals surface area contributed by atoms with Gasteiger partial charge in [0.15, 0.2) is 0 Å². The van der Waals surface area contributed by atoms with Gasteiger partial charge in [0.05, 0.1) is 19.3 Å². The lowest BCUT2D eigenvalue weighted by Crippen LogP contribution is -2.57. The number of hydrogen-bond acceptors (Lipinski definition) is 4. The zero-order valence-corrected chi connectivity index (χ0v) is 10.0. The van der Waals surface area contributed by atoms with E-state index in [9.17, 15) is 4.79 Å². The monoisotopic (exact) mass is 230 g/mol. The van der Waals surface area contributed by atoms with Crippen LogP contribution in [-0.2, 0) is 9.53 Å². The number of rotatable bonds is 5. The fraction of sp³-hybridized carbons (Fsp3) is 0.909. The van der Waals surface area contributed by atoms with E-state index in [-0.39, 0.29) is 25.2 Å². The summed E-state index contributed by atoms with van der Waals surface area (Å²) in [5.74, 6) is 0.204. The van der Waals surface area contributed by atoms with Crippen LogP contribution >= 0.6 is 0 Å². The Kier molecular flexibility index (Phi) is 4.70. The molecule has 1 saturated heterocycles. The van der Waals surface area contributed by atoms with Gasteiger partial charge in [0, 0.05) is 6.61 Å². The molecular formula is C11H22N2O3. The predicted octanol–water partition coefficient (Wildman–Crippen LogP) is -0.373. The number of nitrogens with two attached hydrogens (primary N) is 1. The van der Waals surface area contributed by atoms with Crippen molar-refractivity contribution in [1.82, 2.24) is 5.32 Å². The van der Waals surface area contributed by atoms with Gasteiger partial charge < -0.3 is 20.9 Å². The first-order valence-corrected chi connectivity index (χ1v) is 5.76. The highest BCUT2D eigenvalue weighted by molar-refractivity contribution is 5.86. The molecule has 0 bridgehead atoms. The normalized spacial score (nSPS) is 27.1. The maximum Gasteiger partial charge on any atom is 0.242 e. The van der Waals surface area contributed by atoms with Crippen LogP contribution in [0.15, 0.2) is 0 Å². The molecule has 0 aromatic carbocycles. The Morgan fingerprint density at radius 2 is 2.31 bits per heavy atom. The molecule has 0 aliphatic carbocycles. The summed E-state index contributed by atoms with van der Waals surface area (Å²) in [6.07, 6.45) is 1.29. The second-order valence-electron chi connectivity index (χ2n) is 4.94. The molecule has 1 heterocycles. The van der Waals surface area contributed by atoms with Crippen LogP contribution in [0.25, 0.3) is 0 Å². The van der Waals surface area contributed by atoms with Gasteiger partial charge in [0.2, 0.25) is 5.91 Å². The minimum absolute atomic E-state index is 0.0547. The molecule has 5 heteroatoms. The summed E-state index contributed by atoms with van der Waals surface area (Å²) in [5.41, 5.74) is 5.01. The predicted molar refractivity (Wildman–Crippen MR) is 60.8 cm³/mol. The van der Waals surface area contributed by atoms with Crippen LogP contribution in [0, 0.1) is 5.92 Å². The van der Waals surface area contributed by atoms with E-state index in [1.54, 1.807) is 0 Å². The van der Waals surface area contributed by atoms with E-state index in [0.29, 0.717) is 18.9 Å². The first-order valence-electron chi connectivity index (χ1n) is 5.76. The van der Waals surface area contributed by atoms with Crippen LogP contribution in [0.3, 0.4) is 0 Å². The zero-order chi connectivity index (χ0) is 12.2. The Hall–Kier alpha value is -0.650. The second kappa shape index (κ2) is 5.61. The molecule has 1 amide bonds. The minimum atomic E-state index is -0.912. The van der Waals surface area contributed by atoms with Gasteiger partial charge in [-0.05, 0) is 18.8 Å². The SMILES string of the molecule is CC(C)CC(CO)NC(=O)C1(N)CCOC1. The zero-order valence-electron chi connectivity index (χ0n) is 10.0. The summed E-state index contributed by atoms with van der Waals surface area (Å²) < 4.78 is 5.13. The summed E-state index contributed by atoms with van der Waals surface area (Å²) in [6, 6.07) is -0.214. The lowest BCUT2D eigenvalue weighted by molar-refractivity contribution is -0.127. The van der Waals surface area contributed by atoms with Crippen molar-refractivity contribution in [2.45, 2.75) is 38.3 Å². The van der Waals surface area contributed by atoms with Crippen LogP contribution in [0.2, 0.25) is 0 Å². The van der Waals surface area contributed by atoms with Crippen LogP contribution in [0.1, 0.15) is 26.7 Å². The highest BCUT2D eigenvalue weighted by Crippen LogP contribution is 2.16. The largest absolute Gasteiger partial charge is 0.394 e. The number of nitrogens with one attached hydrogen (secondary N) is 1. The van der Waals surface area contributed by atoms with Crippen LogP contribution in [-0.4, -0.2) is 42.4 Å². The Morgan fingerprint density at radius 3 is 2.75 bits per heavy atom. The van der Waals surface area contributed by atoms with Crippen molar-refractivity contribution >= 4 is 5.91 Å². The molecular weight excluding hydrogens is 208 g/mol. The average molecular weight is 230 g/mol. The lowest BCUT2D eigenvalue weighted by atomic mass is 9.97. The molecule has 16 heavy (non-hydrogen) atoms. The van der Waals surface area contributed by atoms with Gasteiger partial charge in [0.25, 0.3) is 0 Å². The van der Waals surface area contributed by atoms with Crippen molar-refractivity contribution in [1.29, 1.82) is 0 Å². The highest BCUT2D eigenvalue weighted by Gasteiger charge is 2.38. The van der Waals surface area contributed by atoms with Gasteiger partial charge in [-0.25, -0.2) is 0 Å². The molecule has 0 aromatic rings. The lowest BCUT2D eigenvalue weighted by Gasteiger charge is -2.25. The van der Waals surface area contributed by atoms with Gasteiger partial charge in [-0.15, -0.1) is 0 Å². The molecule has 94 valence electrons. The molecule has 1 aliphatic rings. The third kappa shape index (κ3) is 3.43. The topological polar surface area (TPSA) is 84.6 Å².